The van der Waals surface area contributed by atoms with Gasteiger partial charge in [-0.25, -0.2) is 9.78 Å². The van der Waals surface area contributed by atoms with Crippen LogP contribution in [0.2, 0.25) is 10.0 Å². The SMILES string of the molecule is O=C(OCc1ccccc1Cl)N1CCc2c([nH]c3ccc(Cl)cc23)C1c1ccc(OCCCn2ccnc2)cc1. The molecule has 5 aromatic rings. The van der Waals surface area contributed by atoms with E-state index in [-0.39, 0.29) is 12.6 Å². The molecule has 0 saturated heterocycles. The Hall–Kier alpha value is -3.94. The van der Waals surface area contributed by atoms with Crippen LogP contribution < -0.4 is 4.74 Å². The number of aryl methyl sites for hydroxylation is 1. The summed E-state index contributed by atoms with van der Waals surface area (Å²) in [6, 6.07) is 20.8. The molecule has 204 valence electrons. The van der Waals surface area contributed by atoms with Gasteiger partial charge in [-0.1, -0.05) is 53.5 Å². The fraction of sp³-hybridized carbons (Fsp3) is 0.226. The molecular formula is C31H28Cl2N4O3. The van der Waals surface area contributed by atoms with Gasteiger partial charge < -0.3 is 19.0 Å². The molecule has 6 rings (SSSR count). The highest BCUT2D eigenvalue weighted by atomic mass is 35.5. The number of ether oxygens (including phenoxy) is 2. The number of benzene rings is 3. The monoisotopic (exact) mass is 574 g/mol. The van der Waals surface area contributed by atoms with Crippen molar-refractivity contribution >= 4 is 40.2 Å². The van der Waals surface area contributed by atoms with Gasteiger partial charge in [0.2, 0.25) is 0 Å². The normalized spacial score (nSPS) is 14.8. The number of rotatable bonds is 8. The van der Waals surface area contributed by atoms with E-state index < -0.39 is 6.09 Å². The van der Waals surface area contributed by atoms with Crippen LogP contribution in [0.4, 0.5) is 4.79 Å². The third-order valence-corrected chi connectivity index (χ3v) is 7.82. The Morgan fingerprint density at radius 2 is 1.93 bits per heavy atom. The van der Waals surface area contributed by atoms with Crippen LogP contribution >= 0.6 is 23.2 Å². The Kier molecular flexibility index (Phi) is 7.66. The Labute approximate surface area is 242 Å². The zero-order valence-corrected chi connectivity index (χ0v) is 23.2. The van der Waals surface area contributed by atoms with Crippen molar-refractivity contribution < 1.29 is 14.3 Å². The second-order valence-corrected chi connectivity index (χ2v) is 10.6. The number of halogens is 2. The van der Waals surface area contributed by atoms with Crippen molar-refractivity contribution in [2.45, 2.75) is 32.0 Å². The highest BCUT2D eigenvalue weighted by molar-refractivity contribution is 6.31. The number of carbonyl (C=O) groups excluding carboxylic acids is 1. The molecule has 1 aliphatic rings. The maximum atomic E-state index is 13.5. The summed E-state index contributed by atoms with van der Waals surface area (Å²) >= 11 is 12.6. The van der Waals surface area contributed by atoms with E-state index in [9.17, 15) is 4.79 Å². The van der Waals surface area contributed by atoms with Gasteiger partial charge in [0.1, 0.15) is 18.4 Å². The number of hydrogen-bond acceptors (Lipinski definition) is 4. The quantitative estimate of drug-likeness (QED) is 0.196. The minimum Gasteiger partial charge on any atom is -0.494 e. The second-order valence-electron chi connectivity index (χ2n) is 9.77. The molecule has 9 heteroatoms. The molecule has 3 heterocycles. The summed E-state index contributed by atoms with van der Waals surface area (Å²) in [7, 11) is 0. The molecule has 7 nitrogen and oxygen atoms in total. The van der Waals surface area contributed by atoms with E-state index in [1.54, 1.807) is 23.5 Å². The molecule has 0 saturated carbocycles. The van der Waals surface area contributed by atoms with Crippen LogP contribution in [0.15, 0.2) is 85.5 Å². The summed E-state index contributed by atoms with van der Waals surface area (Å²) in [4.78, 5) is 22.9. The molecule has 3 aromatic carbocycles. The van der Waals surface area contributed by atoms with Crippen molar-refractivity contribution in [3.63, 3.8) is 0 Å². The van der Waals surface area contributed by atoms with Gasteiger partial charge in [-0.3, -0.25) is 4.90 Å². The standard InChI is InChI=1S/C31H28Cl2N4O3/c32-23-8-11-28-26(18-23)25-12-15-37(31(38)40-19-22-4-1-2-5-27(22)33)30(29(25)35-28)21-6-9-24(10-7-21)39-17-3-14-36-16-13-34-20-36/h1-2,4-11,13,16,18,20,30,35H,3,12,14-15,17,19H2. The number of nitrogens with zero attached hydrogens (tertiary/aromatic N) is 3. The van der Waals surface area contributed by atoms with Crippen LogP contribution in [0, 0.1) is 0 Å². The van der Waals surface area contributed by atoms with Crippen molar-refractivity contribution in [3.8, 4) is 5.75 Å². The van der Waals surface area contributed by atoms with Crippen molar-refractivity contribution in [1.29, 1.82) is 0 Å². The molecule has 1 atom stereocenters. The highest BCUT2D eigenvalue weighted by Crippen LogP contribution is 2.40. The first-order valence-corrected chi connectivity index (χ1v) is 14.0. The zero-order valence-electron chi connectivity index (χ0n) is 21.7. The summed E-state index contributed by atoms with van der Waals surface area (Å²) in [5, 5.41) is 2.33. The van der Waals surface area contributed by atoms with Gasteiger partial charge >= 0.3 is 6.09 Å². The van der Waals surface area contributed by atoms with E-state index in [2.05, 4.69) is 9.97 Å². The Morgan fingerprint density at radius 1 is 1.07 bits per heavy atom. The number of carbonyl (C=O) groups is 1. The maximum Gasteiger partial charge on any atom is 0.410 e. The second kappa shape index (κ2) is 11.7. The predicted octanol–water partition coefficient (Wildman–Crippen LogP) is 7.42. The summed E-state index contributed by atoms with van der Waals surface area (Å²) in [6.07, 6.45) is 6.67. The van der Waals surface area contributed by atoms with E-state index in [0.29, 0.717) is 29.6 Å². The van der Waals surface area contributed by atoms with Crippen LogP contribution in [0.5, 0.6) is 5.75 Å². The van der Waals surface area contributed by atoms with E-state index >= 15 is 0 Å². The average molecular weight is 575 g/mol. The van der Waals surface area contributed by atoms with E-state index in [1.807, 2.05) is 71.4 Å². The van der Waals surface area contributed by atoms with Crippen LogP contribution in [0.25, 0.3) is 10.9 Å². The fourth-order valence-electron chi connectivity index (χ4n) is 5.24. The number of fused-ring (bicyclic) bond motifs is 3. The first-order chi connectivity index (χ1) is 19.6. The van der Waals surface area contributed by atoms with Gasteiger partial charge in [-0.15, -0.1) is 0 Å². The van der Waals surface area contributed by atoms with Crippen molar-refractivity contribution in [3.05, 3.63) is 118 Å². The summed E-state index contributed by atoms with van der Waals surface area (Å²) in [6.45, 7) is 2.04. The van der Waals surface area contributed by atoms with Gasteiger partial charge in [0.15, 0.2) is 0 Å². The molecule has 2 aromatic heterocycles. The molecule has 0 aliphatic carbocycles. The Balaban J connectivity index is 1.24. The number of hydrogen-bond donors (Lipinski definition) is 1. The minimum absolute atomic E-state index is 0.0999. The largest absolute Gasteiger partial charge is 0.494 e. The van der Waals surface area contributed by atoms with E-state index in [1.165, 1.54) is 0 Å². The van der Waals surface area contributed by atoms with Gasteiger partial charge in [0.25, 0.3) is 0 Å². The molecule has 1 N–H and O–H groups in total. The number of nitrogens with one attached hydrogen (secondary N) is 1. The summed E-state index contributed by atoms with van der Waals surface area (Å²) in [5.41, 5.74) is 4.84. The molecule has 0 bridgehead atoms. The molecule has 40 heavy (non-hydrogen) atoms. The maximum absolute atomic E-state index is 13.5. The molecule has 0 fully saturated rings. The summed E-state index contributed by atoms with van der Waals surface area (Å²) < 4.78 is 13.8. The van der Waals surface area contributed by atoms with Crippen LogP contribution in [0.3, 0.4) is 0 Å². The lowest BCUT2D eigenvalue weighted by Gasteiger charge is -2.35. The molecule has 0 radical (unpaired) electrons. The third kappa shape index (κ3) is 5.53. The predicted molar refractivity (Wildman–Crippen MR) is 156 cm³/mol. The molecule has 1 aliphatic heterocycles. The lowest BCUT2D eigenvalue weighted by Crippen LogP contribution is -2.40. The van der Waals surface area contributed by atoms with Gasteiger partial charge in [0.05, 0.1) is 12.9 Å². The first-order valence-electron chi connectivity index (χ1n) is 13.2. The number of aromatic amines is 1. The van der Waals surface area contributed by atoms with Crippen molar-refractivity contribution in [2.24, 2.45) is 0 Å². The van der Waals surface area contributed by atoms with Crippen LogP contribution in [0.1, 0.15) is 34.8 Å². The number of H-pyrrole nitrogens is 1. The number of aromatic nitrogens is 3. The van der Waals surface area contributed by atoms with Gasteiger partial charge in [-0.05, 0) is 60.4 Å². The Morgan fingerprint density at radius 3 is 2.73 bits per heavy atom. The zero-order chi connectivity index (χ0) is 27.5. The van der Waals surface area contributed by atoms with Gasteiger partial charge in [-0.2, -0.15) is 0 Å². The lowest BCUT2D eigenvalue weighted by atomic mass is 9.92. The Bertz CT molecular complexity index is 1620. The minimum atomic E-state index is -0.396. The summed E-state index contributed by atoms with van der Waals surface area (Å²) in [5.74, 6) is 0.779. The lowest BCUT2D eigenvalue weighted by molar-refractivity contribution is 0.0832. The van der Waals surface area contributed by atoms with Gasteiger partial charge in [0, 0.05) is 57.7 Å². The smallest absolute Gasteiger partial charge is 0.410 e. The molecular weight excluding hydrogens is 547 g/mol. The van der Waals surface area contributed by atoms with Crippen molar-refractivity contribution in [2.75, 3.05) is 13.2 Å². The molecule has 1 unspecified atom stereocenters. The van der Waals surface area contributed by atoms with E-state index in [0.717, 1.165) is 52.0 Å². The highest BCUT2D eigenvalue weighted by Gasteiger charge is 2.35. The van der Waals surface area contributed by atoms with Crippen LogP contribution in [-0.4, -0.2) is 38.7 Å². The first kappa shape index (κ1) is 26.3. The molecule has 1 amide bonds. The topological polar surface area (TPSA) is 72.4 Å². The fourth-order valence-corrected chi connectivity index (χ4v) is 5.61. The molecule has 0 spiro atoms. The van der Waals surface area contributed by atoms with Crippen LogP contribution in [-0.2, 0) is 24.3 Å². The van der Waals surface area contributed by atoms with Crippen molar-refractivity contribution in [1.82, 2.24) is 19.4 Å². The van der Waals surface area contributed by atoms with E-state index in [4.69, 9.17) is 32.7 Å². The third-order valence-electron chi connectivity index (χ3n) is 7.22. The number of imidazole rings is 1. The number of amides is 1. The average Bonchev–Trinajstić information content (AvgIpc) is 3.62.